The lowest BCUT2D eigenvalue weighted by atomic mass is 10.3. The molecule has 0 atom stereocenters. The van der Waals surface area contributed by atoms with Gasteiger partial charge >= 0.3 is 0 Å². The summed E-state index contributed by atoms with van der Waals surface area (Å²) < 4.78 is 0. The van der Waals surface area contributed by atoms with E-state index in [-0.39, 0.29) is 18.1 Å². The lowest BCUT2D eigenvalue weighted by molar-refractivity contribution is -0.128. The van der Waals surface area contributed by atoms with Gasteiger partial charge in [0.1, 0.15) is 5.69 Å². The Morgan fingerprint density at radius 2 is 2.06 bits per heavy atom. The summed E-state index contributed by atoms with van der Waals surface area (Å²) in [7, 11) is 0. The quantitative estimate of drug-likeness (QED) is 0.767. The molecule has 0 unspecified atom stereocenters. The Balaban J connectivity index is 2.61. The third-order valence-electron chi connectivity index (χ3n) is 2.57. The minimum Gasteiger partial charge on any atom is -0.376 e. The van der Waals surface area contributed by atoms with E-state index >= 15 is 0 Å². The first kappa shape index (κ1) is 14.0. The predicted molar refractivity (Wildman–Crippen MR) is 69.2 cm³/mol. The minimum absolute atomic E-state index is 0.0115. The van der Waals surface area contributed by atoms with Gasteiger partial charge < -0.3 is 16.0 Å². The highest BCUT2D eigenvalue weighted by Gasteiger charge is 2.09. The Bertz CT molecular complexity index is 430. The Morgan fingerprint density at radius 1 is 1.39 bits per heavy atom. The van der Waals surface area contributed by atoms with Crippen LogP contribution in [-0.2, 0) is 4.79 Å². The molecule has 3 N–H and O–H groups in total. The molecule has 0 radical (unpaired) electrons. The number of hydrogen-bond acceptors (Lipinski definition) is 4. The number of primary amides is 1. The number of aromatic nitrogens is 1. The van der Waals surface area contributed by atoms with Gasteiger partial charge in [-0.15, -0.1) is 0 Å². The monoisotopic (exact) mass is 250 g/mol. The molecule has 0 aromatic carbocycles. The average Bonchev–Trinajstić information content (AvgIpc) is 2.38. The number of nitrogens with two attached hydrogens (primary N) is 1. The zero-order chi connectivity index (χ0) is 13.5. The van der Waals surface area contributed by atoms with Crippen LogP contribution in [0, 0.1) is 0 Å². The molecule has 6 nitrogen and oxygen atoms in total. The zero-order valence-corrected chi connectivity index (χ0v) is 10.6. The van der Waals surface area contributed by atoms with E-state index in [2.05, 4.69) is 10.3 Å². The third-order valence-corrected chi connectivity index (χ3v) is 2.57. The van der Waals surface area contributed by atoms with Crippen molar-refractivity contribution in [2.75, 3.05) is 25.0 Å². The largest absolute Gasteiger partial charge is 0.376 e. The molecular weight excluding hydrogens is 232 g/mol. The molecule has 0 aliphatic heterocycles. The average molecular weight is 250 g/mol. The van der Waals surface area contributed by atoms with Gasteiger partial charge in [-0.25, -0.2) is 0 Å². The summed E-state index contributed by atoms with van der Waals surface area (Å²) in [4.78, 5) is 28.3. The van der Waals surface area contributed by atoms with E-state index in [4.69, 9.17) is 5.73 Å². The molecule has 18 heavy (non-hydrogen) atoms. The maximum absolute atomic E-state index is 11.8. The van der Waals surface area contributed by atoms with Crippen LogP contribution in [0.4, 0.5) is 5.69 Å². The lowest BCUT2D eigenvalue weighted by Crippen LogP contribution is -2.35. The van der Waals surface area contributed by atoms with E-state index in [9.17, 15) is 9.59 Å². The SMILES string of the molecule is CCN(CC)C(=O)CNc1ccnc(C(N)=O)c1. The number of hydrogen-bond donors (Lipinski definition) is 2. The molecule has 0 spiro atoms. The van der Waals surface area contributed by atoms with E-state index in [0.29, 0.717) is 18.8 Å². The molecule has 0 aliphatic carbocycles. The smallest absolute Gasteiger partial charge is 0.267 e. The van der Waals surface area contributed by atoms with E-state index in [1.54, 1.807) is 11.0 Å². The second-order valence-corrected chi connectivity index (χ2v) is 3.71. The molecule has 6 heteroatoms. The van der Waals surface area contributed by atoms with Gasteiger partial charge in [-0.05, 0) is 26.0 Å². The Morgan fingerprint density at radius 3 is 2.61 bits per heavy atom. The number of likely N-dealkylation sites (N-methyl/N-ethyl adjacent to an activating group) is 1. The summed E-state index contributed by atoms with van der Waals surface area (Å²) >= 11 is 0. The van der Waals surface area contributed by atoms with Crippen LogP contribution < -0.4 is 11.1 Å². The minimum atomic E-state index is -0.589. The van der Waals surface area contributed by atoms with Crippen molar-refractivity contribution in [2.24, 2.45) is 5.73 Å². The van der Waals surface area contributed by atoms with E-state index < -0.39 is 5.91 Å². The van der Waals surface area contributed by atoms with Gasteiger partial charge in [-0.2, -0.15) is 0 Å². The molecule has 1 heterocycles. The van der Waals surface area contributed by atoms with Gasteiger partial charge in [-0.1, -0.05) is 0 Å². The van der Waals surface area contributed by atoms with Gasteiger partial charge in [0.2, 0.25) is 5.91 Å². The van der Waals surface area contributed by atoms with Crippen molar-refractivity contribution in [2.45, 2.75) is 13.8 Å². The third kappa shape index (κ3) is 3.73. The molecule has 0 saturated carbocycles. The van der Waals surface area contributed by atoms with Crippen LogP contribution >= 0.6 is 0 Å². The fourth-order valence-corrected chi connectivity index (χ4v) is 1.54. The molecule has 0 saturated heterocycles. The van der Waals surface area contributed by atoms with Crippen molar-refractivity contribution < 1.29 is 9.59 Å². The fourth-order valence-electron chi connectivity index (χ4n) is 1.54. The number of anilines is 1. The topological polar surface area (TPSA) is 88.3 Å². The van der Waals surface area contributed by atoms with Crippen molar-refractivity contribution in [3.63, 3.8) is 0 Å². The summed E-state index contributed by atoms with van der Waals surface area (Å²) in [5.74, 6) is -0.578. The van der Waals surface area contributed by atoms with Crippen LogP contribution in [0.5, 0.6) is 0 Å². The van der Waals surface area contributed by atoms with Crippen molar-refractivity contribution in [1.82, 2.24) is 9.88 Å². The maximum Gasteiger partial charge on any atom is 0.267 e. The van der Waals surface area contributed by atoms with Crippen LogP contribution in [0.2, 0.25) is 0 Å². The first-order valence-corrected chi connectivity index (χ1v) is 5.86. The van der Waals surface area contributed by atoms with Gasteiger partial charge in [0.25, 0.3) is 5.91 Å². The van der Waals surface area contributed by atoms with E-state index in [1.807, 2.05) is 13.8 Å². The predicted octanol–water partition coefficient (Wildman–Crippen LogP) is 0.461. The van der Waals surface area contributed by atoms with Crippen LogP contribution in [0.1, 0.15) is 24.3 Å². The van der Waals surface area contributed by atoms with Crippen LogP contribution in [0.3, 0.4) is 0 Å². The molecule has 0 bridgehead atoms. The number of pyridine rings is 1. The summed E-state index contributed by atoms with van der Waals surface area (Å²) in [5, 5.41) is 2.95. The molecular formula is C12H18N4O2. The summed E-state index contributed by atoms with van der Waals surface area (Å²) in [6, 6.07) is 3.21. The highest BCUT2D eigenvalue weighted by molar-refractivity contribution is 5.91. The Kier molecular flexibility index (Phi) is 5.10. The van der Waals surface area contributed by atoms with E-state index in [0.717, 1.165) is 0 Å². The molecule has 1 aromatic rings. The number of carbonyl (C=O) groups excluding carboxylic acids is 2. The Hall–Kier alpha value is -2.11. The first-order valence-electron chi connectivity index (χ1n) is 5.86. The molecule has 1 aromatic heterocycles. The van der Waals surface area contributed by atoms with Crippen molar-refractivity contribution in [1.29, 1.82) is 0 Å². The second-order valence-electron chi connectivity index (χ2n) is 3.71. The van der Waals surface area contributed by atoms with Gasteiger partial charge in [0, 0.05) is 25.0 Å². The van der Waals surface area contributed by atoms with Crippen molar-refractivity contribution in [3.8, 4) is 0 Å². The number of amides is 2. The molecule has 2 amide bonds. The highest BCUT2D eigenvalue weighted by Crippen LogP contribution is 2.07. The summed E-state index contributed by atoms with van der Waals surface area (Å²) in [6.07, 6.45) is 1.48. The highest BCUT2D eigenvalue weighted by atomic mass is 16.2. The lowest BCUT2D eigenvalue weighted by Gasteiger charge is -2.19. The first-order chi connectivity index (χ1) is 8.58. The zero-order valence-electron chi connectivity index (χ0n) is 10.6. The van der Waals surface area contributed by atoms with Crippen LogP contribution in [0.15, 0.2) is 18.3 Å². The number of carbonyl (C=O) groups is 2. The second kappa shape index (κ2) is 6.58. The molecule has 98 valence electrons. The van der Waals surface area contributed by atoms with Gasteiger partial charge in [-0.3, -0.25) is 14.6 Å². The number of nitrogens with zero attached hydrogens (tertiary/aromatic N) is 2. The van der Waals surface area contributed by atoms with Crippen LogP contribution in [-0.4, -0.2) is 41.3 Å². The summed E-state index contributed by atoms with van der Waals surface area (Å²) in [5.41, 5.74) is 5.95. The fraction of sp³-hybridized carbons (Fsp3) is 0.417. The van der Waals surface area contributed by atoms with Crippen LogP contribution in [0.25, 0.3) is 0 Å². The van der Waals surface area contributed by atoms with Gasteiger partial charge in [0.05, 0.1) is 6.54 Å². The number of nitrogens with one attached hydrogen (secondary N) is 1. The number of rotatable bonds is 6. The Labute approximate surface area is 106 Å². The van der Waals surface area contributed by atoms with Crippen molar-refractivity contribution in [3.05, 3.63) is 24.0 Å². The maximum atomic E-state index is 11.8. The normalized spacial score (nSPS) is 9.89. The van der Waals surface area contributed by atoms with E-state index in [1.165, 1.54) is 12.3 Å². The van der Waals surface area contributed by atoms with Gasteiger partial charge in [0.15, 0.2) is 0 Å². The summed E-state index contributed by atoms with van der Waals surface area (Å²) in [6.45, 7) is 5.40. The molecule has 1 rings (SSSR count). The standard InChI is InChI=1S/C12H18N4O2/c1-3-16(4-2)11(17)8-15-9-5-6-14-10(7-9)12(13)18/h5-7H,3-4,8H2,1-2H3,(H2,13,18)(H,14,15). The molecule has 0 fully saturated rings. The molecule has 0 aliphatic rings. The van der Waals surface area contributed by atoms with Crippen molar-refractivity contribution >= 4 is 17.5 Å².